The molecule has 0 saturated heterocycles. The molecule has 0 unspecified atom stereocenters. The number of para-hydroxylation sites is 1. The van der Waals surface area contributed by atoms with Crippen LogP contribution in [-0.4, -0.2) is 0 Å². The van der Waals surface area contributed by atoms with E-state index >= 15 is 0 Å². The van der Waals surface area contributed by atoms with Gasteiger partial charge in [0, 0.05) is 26.4 Å². The third kappa shape index (κ3) is 2.62. The van der Waals surface area contributed by atoms with Crippen molar-refractivity contribution in [2.75, 3.05) is 0 Å². The molecule has 156 valence electrons. The minimum absolute atomic E-state index is 0.0704. The standard InChI is InChI=1S/C30H26NO/c1-18(2)20-13-14-23-21(17-20)15-16-31(4)29(23)27-19(3)22-9-5-6-10-24(22)28-25-11-7-8-12-26(25)32-30(27)28/h5-18H,1-4H3/q+1/i1D3,2D3,18D. The van der Waals surface area contributed by atoms with Gasteiger partial charge in [-0.15, -0.1) is 0 Å². The van der Waals surface area contributed by atoms with E-state index in [0.717, 1.165) is 54.9 Å². The number of furan rings is 1. The average Bonchev–Trinajstić information content (AvgIpc) is 3.27. The highest BCUT2D eigenvalue weighted by Gasteiger charge is 2.26. The van der Waals surface area contributed by atoms with Crippen LogP contribution in [0.15, 0.2) is 83.4 Å². The van der Waals surface area contributed by atoms with Crippen molar-refractivity contribution < 1.29 is 18.6 Å². The molecule has 0 atom stereocenters. The van der Waals surface area contributed by atoms with Crippen LogP contribution >= 0.6 is 0 Å². The monoisotopic (exact) mass is 423 g/mol. The van der Waals surface area contributed by atoms with E-state index in [-0.39, 0.29) is 5.56 Å². The Hall–Kier alpha value is -3.65. The van der Waals surface area contributed by atoms with Gasteiger partial charge < -0.3 is 4.42 Å². The molecule has 0 aliphatic carbocycles. The second-order valence-electron chi connectivity index (χ2n) is 8.30. The highest BCUT2D eigenvalue weighted by atomic mass is 16.3. The minimum atomic E-state index is -3.05. The summed E-state index contributed by atoms with van der Waals surface area (Å²) in [6.07, 6.45) is 1.86. The van der Waals surface area contributed by atoms with Gasteiger partial charge in [-0.25, -0.2) is 4.57 Å². The summed E-state index contributed by atoms with van der Waals surface area (Å²) >= 11 is 0. The van der Waals surface area contributed by atoms with E-state index in [2.05, 4.69) is 25.1 Å². The molecule has 0 bridgehead atoms. The smallest absolute Gasteiger partial charge is 0.224 e. The normalized spacial score (nSPS) is 16.4. The zero-order valence-corrected chi connectivity index (χ0v) is 17.9. The molecule has 4 aromatic carbocycles. The lowest BCUT2D eigenvalue weighted by Gasteiger charge is -2.13. The molecule has 2 heterocycles. The maximum Gasteiger partial charge on any atom is 0.224 e. The van der Waals surface area contributed by atoms with Crippen molar-refractivity contribution in [2.45, 2.75) is 26.5 Å². The second kappa shape index (κ2) is 6.93. The van der Waals surface area contributed by atoms with Gasteiger partial charge in [0.1, 0.15) is 18.2 Å². The molecule has 6 aromatic rings. The van der Waals surface area contributed by atoms with Crippen molar-refractivity contribution in [3.8, 4) is 11.3 Å². The first-order chi connectivity index (χ1) is 18.3. The van der Waals surface area contributed by atoms with Crippen LogP contribution in [0.2, 0.25) is 0 Å². The molecule has 0 aliphatic heterocycles. The van der Waals surface area contributed by atoms with E-state index in [1.807, 2.05) is 54.2 Å². The van der Waals surface area contributed by atoms with Crippen molar-refractivity contribution in [3.63, 3.8) is 0 Å². The SMILES string of the molecule is [2H]C([2H])([2H])C([2H])(c1ccc2c(-c3c(C)c4ccccc4c4c3oc3ccccc34)[n+](C)ccc2c1)C([2H])([2H])[2H]. The number of rotatable bonds is 2. The van der Waals surface area contributed by atoms with Crippen molar-refractivity contribution in [1.82, 2.24) is 0 Å². The third-order valence-corrected chi connectivity index (χ3v) is 6.46. The number of aromatic nitrogens is 1. The minimum Gasteiger partial charge on any atom is -0.455 e. The zero-order chi connectivity index (χ0) is 27.9. The third-order valence-electron chi connectivity index (χ3n) is 6.46. The number of nitrogens with zero attached hydrogens (tertiary/aromatic N) is 1. The highest BCUT2D eigenvalue weighted by Crippen LogP contribution is 2.44. The van der Waals surface area contributed by atoms with E-state index in [1.54, 1.807) is 6.07 Å². The fourth-order valence-electron chi connectivity index (χ4n) is 4.95. The molecule has 32 heavy (non-hydrogen) atoms. The predicted octanol–water partition coefficient (Wildman–Crippen LogP) is 7.82. The number of fused-ring (bicyclic) bond motifs is 6. The van der Waals surface area contributed by atoms with Crippen LogP contribution in [0.5, 0.6) is 0 Å². The lowest BCUT2D eigenvalue weighted by atomic mass is 9.91. The molecular weight excluding hydrogens is 390 g/mol. The van der Waals surface area contributed by atoms with Crippen molar-refractivity contribution in [2.24, 2.45) is 7.05 Å². The molecule has 0 radical (unpaired) electrons. The Morgan fingerprint density at radius 2 is 1.62 bits per heavy atom. The molecule has 2 heteroatoms. The first-order valence-electron chi connectivity index (χ1n) is 14.1. The van der Waals surface area contributed by atoms with Gasteiger partial charge >= 0.3 is 0 Å². The van der Waals surface area contributed by atoms with Crippen LogP contribution in [0.3, 0.4) is 0 Å². The van der Waals surface area contributed by atoms with Crippen LogP contribution in [0.1, 0.15) is 40.3 Å². The number of hydrogen-bond acceptors (Lipinski definition) is 1. The largest absolute Gasteiger partial charge is 0.455 e. The summed E-state index contributed by atoms with van der Waals surface area (Å²) < 4.78 is 64.6. The van der Waals surface area contributed by atoms with Crippen LogP contribution in [0.4, 0.5) is 0 Å². The Kier molecular flexibility index (Phi) is 2.82. The second-order valence-corrected chi connectivity index (χ2v) is 8.30. The summed E-state index contributed by atoms with van der Waals surface area (Å²) in [4.78, 5) is 0. The van der Waals surface area contributed by atoms with Gasteiger partial charge in [0.25, 0.3) is 0 Å². The van der Waals surface area contributed by atoms with Gasteiger partial charge in [0.15, 0.2) is 6.20 Å². The summed E-state index contributed by atoms with van der Waals surface area (Å²) in [7, 11) is 1.94. The molecule has 0 N–H and O–H groups in total. The number of hydrogen-bond donors (Lipinski definition) is 0. The lowest BCUT2D eigenvalue weighted by Crippen LogP contribution is -2.30. The van der Waals surface area contributed by atoms with Crippen LogP contribution in [-0.2, 0) is 7.05 Å². The molecule has 0 aliphatic rings. The molecule has 0 fully saturated rings. The van der Waals surface area contributed by atoms with E-state index in [1.165, 1.54) is 12.1 Å². The maximum absolute atomic E-state index is 8.65. The van der Waals surface area contributed by atoms with Gasteiger partial charge in [-0.1, -0.05) is 68.3 Å². The summed E-state index contributed by atoms with van der Waals surface area (Å²) in [5.41, 5.74) is 4.25. The topological polar surface area (TPSA) is 17.0 Å². The van der Waals surface area contributed by atoms with Crippen molar-refractivity contribution >= 4 is 43.5 Å². The van der Waals surface area contributed by atoms with Crippen molar-refractivity contribution in [1.29, 1.82) is 0 Å². The van der Waals surface area contributed by atoms with E-state index in [4.69, 9.17) is 14.0 Å². The fraction of sp³-hybridized carbons (Fsp3) is 0.167. The van der Waals surface area contributed by atoms with E-state index in [9.17, 15) is 0 Å². The summed E-state index contributed by atoms with van der Waals surface area (Å²) in [5, 5.41) is 5.66. The molecule has 0 amide bonds. The average molecular weight is 424 g/mol. The first kappa shape index (κ1) is 13.0. The maximum atomic E-state index is 8.65. The van der Waals surface area contributed by atoms with Gasteiger partial charge in [0.05, 0.1) is 10.9 Å². The van der Waals surface area contributed by atoms with Gasteiger partial charge in [-0.2, -0.15) is 0 Å². The van der Waals surface area contributed by atoms with Gasteiger partial charge in [-0.3, -0.25) is 0 Å². The summed E-state index contributed by atoms with van der Waals surface area (Å²) in [6, 6.07) is 22.7. The Bertz CT molecular complexity index is 1920. The fourth-order valence-corrected chi connectivity index (χ4v) is 4.95. The van der Waals surface area contributed by atoms with Gasteiger partial charge in [-0.05, 0) is 52.2 Å². The first-order valence-corrected chi connectivity index (χ1v) is 10.6. The number of benzene rings is 4. The molecule has 0 spiro atoms. The Morgan fingerprint density at radius 1 is 0.875 bits per heavy atom. The molecule has 2 aromatic heterocycles. The highest BCUT2D eigenvalue weighted by molar-refractivity contribution is 6.24. The van der Waals surface area contributed by atoms with Gasteiger partial charge in [0.2, 0.25) is 5.69 Å². The lowest BCUT2D eigenvalue weighted by molar-refractivity contribution is -0.659. The number of pyridine rings is 1. The van der Waals surface area contributed by atoms with Crippen LogP contribution in [0.25, 0.3) is 54.7 Å². The molecule has 0 saturated carbocycles. The quantitative estimate of drug-likeness (QED) is 0.259. The Balaban J connectivity index is 1.73. The zero-order valence-electron chi connectivity index (χ0n) is 24.9. The Labute approximate surface area is 197 Å². The van der Waals surface area contributed by atoms with Crippen molar-refractivity contribution in [3.05, 3.63) is 90.1 Å². The number of aryl methyl sites for hydroxylation is 2. The predicted molar refractivity (Wildman–Crippen MR) is 134 cm³/mol. The summed E-state index contributed by atoms with van der Waals surface area (Å²) in [5.74, 6) is -2.77. The van der Waals surface area contributed by atoms with Crippen LogP contribution in [0, 0.1) is 6.92 Å². The van der Waals surface area contributed by atoms with E-state index in [0.29, 0.717) is 5.39 Å². The molecule has 6 rings (SSSR count). The Morgan fingerprint density at radius 3 is 2.44 bits per heavy atom. The van der Waals surface area contributed by atoms with Crippen LogP contribution < -0.4 is 4.57 Å². The summed E-state index contributed by atoms with van der Waals surface area (Å²) in [6.45, 7) is -4.04. The molecular formula is C30H26NO+. The molecule has 2 nitrogen and oxygen atoms in total. The van der Waals surface area contributed by atoms with E-state index < -0.39 is 19.6 Å².